The molecule has 4 aromatic carbocycles. The molecule has 268 valence electrons. The van der Waals surface area contributed by atoms with Gasteiger partial charge in [0.05, 0.1) is 22.4 Å². The number of fused-ring (bicyclic) bond motifs is 10. The number of aromatic nitrogens is 8. The Morgan fingerprint density at radius 3 is 1.37 bits per heavy atom. The van der Waals surface area contributed by atoms with Crippen molar-refractivity contribution in [2.45, 2.75) is 52.4 Å². The molecule has 0 unspecified atom stereocenters. The molecule has 0 aliphatic carbocycles. The third kappa shape index (κ3) is 5.09. The van der Waals surface area contributed by atoms with Gasteiger partial charge in [-0.3, -0.25) is 27.9 Å². The van der Waals surface area contributed by atoms with Gasteiger partial charge in [0.15, 0.2) is 11.3 Å². The van der Waals surface area contributed by atoms with Gasteiger partial charge in [-0.05, 0) is 80.4 Å². The van der Waals surface area contributed by atoms with Crippen LogP contribution < -0.4 is 4.74 Å². The van der Waals surface area contributed by atoms with E-state index in [0.717, 1.165) is 67.3 Å². The van der Waals surface area contributed by atoms with Crippen molar-refractivity contribution in [2.75, 3.05) is 0 Å². The van der Waals surface area contributed by atoms with Gasteiger partial charge in [-0.15, -0.1) is 36.4 Å². The van der Waals surface area contributed by atoms with Crippen LogP contribution in [0, 0.1) is 12.1 Å². The maximum atomic E-state index is 6.52. The summed E-state index contributed by atoms with van der Waals surface area (Å²) in [6.07, 6.45) is 3.63. The van der Waals surface area contributed by atoms with Gasteiger partial charge in [0.2, 0.25) is 11.6 Å². The minimum absolute atomic E-state index is 0. The van der Waals surface area contributed by atoms with Crippen molar-refractivity contribution >= 4 is 55.9 Å². The van der Waals surface area contributed by atoms with E-state index >= 15 is 0 Å². The van der Waals surface area contributed by atoms with Gasteiger partial charge < -0.3 is 4.74 Å². The maximum Gasteiger partial charge on any atom is 2.00 e. The second kappa shape index (κ2) is 12.1. The molecule has 0 spiro atoms. The molecule has 0 fully saturated rings. The summed E-state index contributed by atoms with van der Waals surface area (Å²) >= 11 is 0. The molecule has 54 heavy (non-hydrogen) atoms. The number of pyridine rings is 2. The van der Waals surface area contributed by atoms with E-state index in [9.17, 15) is 0 Å². The second-order valence-electron chi connectivity index (χ2n) is 15.6. The summed E-state index contributed by atoms with van der Waals surface area (Å²) in [4.78, 5) is 19.9. The zero-order chi connectivity index (χ0) is 36.2. The van der Waals surface area contributed by atoms with Crippen molar-refractivity contribution in [1.82, 2.24) is 37.9 Å². The number of imidazole rings is 4. The predicted octanol–water partition coefficient (Wildman–Crippen LogP) is 9.95. The first kappa shape index (κ1) is 34.0. The number of ether oxygens (including phenoxy) is 1. The first-order chi connectivity index (χ1) is 25.6. The summed E-state index contributed by atoms with van der Waals surface area (Å²) < 4.78 is 15.1. The van der Waals surface area contributed by atoms with Crippen LogP contribution in [0.15, 0.2) is 109 Å². The smallest absolute Gasteiger partial charge is 0.509 e. The van der Waals surface area contributed by atoms with E-state index in [-0.39, 0.29) is 31.9 Å². The van der Waals surface area contributed by atoms with E-state index in [1.807, 2.05) is 48.8 Å². The zero-order valence-electron chi connectivity index (χ0n) is 30.7. The molecule has 0 radical (unpaired) electrons. The van der Waals surface area contributed by atoms with E-state index in [0.29, 0.717) is 11.5 Å². The van der Waals surface area contributed by atoms with Crippen molar-refractivity contribution < 1.29 is 25.8 Å². The van der Waals surface area contributed by atoms with Crippen LogP contribution in [0.5, 0.6) is 11.5 Å². The Morgan fingerprint density at radius 1 is 0.519 bits per heavy atom. The van der Waals surface area contributed by atoms with Crippen molar-refractivity contribution in [3.05, 3.63) is 133 Å². The van der Waals surface area contributed by atoms with Crippen LogP contribution in [-0.2, 0) is 31.9 Å². The summed E-state index contributed by atoms with van der Waals surface area (Å²) in [6.45, 7) is 13.4. The van der Waals surface area contributed by atoms with E-state index in [1.165, 1.54) is 11.1 Å². The van der Waals surface area contributed by atoms with Crippen molar-refractivity contribution in [3.8, 4) is 22.9 Å². The number of nitrogens with zero attached hydrogens (tertiary/aromatic N) is 8. The first-order valence-electron chi connectivity index (χ1n) is 17.8. The monoisotopic (exact) mass is 887 g/mol. The Balaban J connectivity index is 0.00000384. The molecule has 6 heterocycles. The van der Waals surface area contributed by atoms with Crippen molar-refractivity contribution in [2.24, 2.45) is 0 Å². The third-order valence-corrected chi connectivity index (χ3v) is 10.0. The largest absolute Gasteiger partial charge is 2.00 e. The van der Waals surface area contributed by atoms with Gasteiger partial charge in [0.25, 0.3) is 0 Å². The molecular weight excluding hydrogens is 852 g/mol. The number of benzene rings is 4. The average Bonchev–Trinajstić information content (AvgIpc) is 3.87. The summed E-state index contributed by atoms with van der Waals surface area (Å²) in [6, 6.07) is 39.9. The van der Waals surface area contributed by atoms with Gasteiger partial charge in [-0.25, -0.2) is 9.97 Å². The van der Waals surface area contributed by atoms with Crippen LogP contribution in [-0.4, -0.2) is 37.9 Å². The Bertz CT molecular complexity index is 2870. The number of hydrogen-bond donors (Lipinski definition) is 0. The normalized spacial score (nSPS) is 12.5. The van der Waals surface area contributed by atoms with Gasteiger partial charge in [-0.2, -0.15) is 0 Å². The van der Waals surface area contributed by atoms with E-state index in [1.54, 1.807) is 0 Å². The first-order valence-corrected chi connectivity index (χ1v) is 17.8. The van der Waals surface area contributed by atoms with E-state index < -0.39 is 0 Å². The van der Waals surface area contributed by atoms with Crippen molar-refractivity contribution in [1.29, 1.82) is 0 Å². The van der Waals surface area contributed by atoms with Gasteiger partial charge in [0.1, 0.15) is 0 Å². The minimum Gasteiger partial charge on any atom is -0.509 e. The molecule has 0 amide bonds. The van der Waals surface area contributed by atoms with Gasteiger partial charge >= 0.3 is 21.1 Å². The molecule has 10 aromatic rings. The quantitative estimate of drug-likeness (QED) is 0.165. The van der Waals surface area contributed by atoms with Crippen molar-refractivity contribution in [3.63, 3.8) is 0 Å². The van der Waals surface area contributed by atoms with Crippen LogP contribution in [0.2, 0.25) is 0 Å². The Labute approximate surface area is 326 Å². The fourth-order valence-electron chi connectivity index (χ4n) is 7.65. The SMILES string of the molecule is CC(C)(C)c1ccccc1-n1c2cccnc2n2c3[c-]c(Oc4[c-]c5c(cc4)nc4n(-c6ccccc6C(C)(C)C)c6cccnc6n54)ccc3nc12.[Pt+2]. The molecule has 6 aromatic heterocycles. The Hall–Kier alpha value is -5.79. The van der Waals surface area contributed by atoms with Crippen LogP contribution in [0.3, 0.4) is 0 Å². The fraction of sp³-hybridized carbons (Fsp3) is 0.182. The molecule has 10 heteroatoms. The van der Waals surface area contributed by atoms with E-state index in [4.69, 9.17) is 24.7 Å². The number of rotatable bonds is 4. The molecule has 9 nitrogen and oxygen atoms in total. The second-order valence-corrected chi connectivity index (χ2v) is 15.6. The van der Waals surface area contributed by atoms with Crippen LogP contribution in [0.1, 0.15) is 52.7 Å². The standard InChI is InChI=1S/C44H36N8O.Pt/c1-43(2,3)29-13-7-9-15-33(29)49-35-17-11-23-45-39(35)51-37-25-27(19-21-31(37)47-41(49)51)53-28-20-22-32-38(26-28)52-40-36(18-12-24-46-40)50(42(52)48-32)34-16-10-8-14-30(34)44(4,5)6;/h7-24H,1-6H3;/q-2;+2. The maximum absolute atomic E-state index is 6.52. The van der Waals surface area contributed by atoms with Gasteiger partial charge in [0, 0.05) is 23.9 Å². The van der Waals surface area contributed by atoms with Crippen LogP contribution >= 0.6 is 0 Å². The van der Waals surface area contributed by atoms with E-state index in [2.05, 4.69) is 132 Å². The topological polar surface area (TPSA) is 79.5 Å². The predicted molar refractivity (Wildman–Crippen MR) is 210 cm³/mol. The molecule has 10 rings (SSSR count). The molecular formula is C44H36N8OPt. The summed E-state index contributed by atoms with van der Waals surface area (Å²) in [5, 5.41) is 0. The van der Waals surface area contributed by atoms with Crippen LogP contribution in [0.25, 0.3) is 67.3 Å². The summed E-state index contributed by atoms with van der Waals surface area (Å²) in [5.74, 6) is 2.63. The molecule has 0 saturated heterocycles. The zero-order valence-corrected chi connectivity index (χ0v) is 33.0. The average molecular weight is 888 g/mol. The minimum atomic E-state index is -0.0773. The Kier molecular flexibility index (Phi) is 7.63. The molecule has 0 aliphatic rings. The Morgan fingerprint density at radius 2 is 0.944 bits per heavy atom. The fourth-order valence-corrected chi connectivity index (χ4v) is 7.65. The molecule has 0 N–H and O–H groups in total. The number of hydrogen-bond acceptors (Lipinski definition) is 5. The molecule has 0 aliphatic heterocycles. The molecule has 0 bridgehead atoms. The van der Waals surface area contributed by atoms with Gasteiger partial charge in [-0.1, -0.05) is 77.9 Å². The molecule has 0 saturated carbocycles. The third-order valence-electron chi connectivity index (χ3n) is 10.0. The molecule has 0 atom stereocenters. The van der Waals surface area contributed by atoms with Crippen LogP contribution in [0.4, 0.5) is 0 Å². The summed E-state index contributed by atoms with van der Waals surface area (Å²) in [5.41, 5.74) is 11.1. The number of para-hydroxylation sites is 2. The summed E-state index contributed by atoms with van der Waals surface area (Å²) in [7, 11) is 0.